The number of hydrogen-bond acceptors (Lipinski definition) is 6. The van der Waals surface area contributed by atoms with Gasteiger partial charge in [-0.1, -0.05) is 300 Å². The van der Waals surface area contributed by atoms with Crippen molar-refractivity contribution in [3.05, 3.63) is 60.8 Å². The fourth-order valence-corrected chi connectivity index (χ4v) is 9.72. The molecule has 0 bridgehead atoms. The SMILES string of the molecule is CCCCCCC/C=C\C/C=C\C/C=C\CCCCCCCCCCCCCCCCCCC(=O)OCC(COC(=O)CCCCCCCC)OC(=O)CCCCCCCCCCC/C=C\C/C=C\CCCCCCC. The number of rotatable bonds is 61. The van der Waals surface area contributed by atoms with Crippen LogP contribution in [0.3, 0.4) is 0 Å². The Labute approximate surface area is 472 Å². The first-order valence-corrected chi connectivity index (χ1v) is 33.3. The summed E-state index contributed by atoms with van der Waals surface area (Å²) in [6, 6.07) is 0. The number of allylic oxidation sites excluding steroid dienone is 10. The van der Waals surface area contributed by atoms with Crippen molar-refractivity contribution in [2.45, 2.75) is 354 Å². The number of carbonyl (C=O) groups excluding carboxylic acids is 3. The molecule has 0 amide bonds. The van der Waals surface area contributed by atoms with E-state index in [4.69, 9.17) is 14.2 Å². The standard InChI is InChI=1S/C70H126O6/c1-4-7-10-13-16-18-20-22-24-26-28-30-31-32-33-34-35-36-37-38-39-41-42-44-46-48-50-52-54-57-60-63-69(72)75-66-67(65-74-68(71)62-59-56-15-12-9-6-3)76-70(73)64-61-58-55-53-51-49-47-45-43-40-29-27-25-23-21-19-17-14-11-8-5-2/h20-23,26-29,31-32,67H,4-19,24-25,30,33-66H2,1-3H3/b22-20-,23-21-,28-26-,29-27-,32-31-. The van der Waals surface area contributed by atoms with Crippen molar-refractivity contribution < 1.29 is 28.6 Å². The summed E-state index contributed by atoms with van der Waals surface area (Å²) in [5, 5.41) is 0. The van der Waals surface area contributed by atoms with E-state index >= 15 is 0 Å². The average molecular weight is 1060 g/mol. The lowest BCUT2D eigenvalue weighted by atomic mass is 10.0. The van der Waals surface area contributed by atoms with Gasteiger partial charge in [-0.3, -0.25) is 14.4 Å². The summed E-state index contributed by atoms with van der Waals surface area (Å²) in [5.74, 6) is -0.871. The highest BCUT2D eigenvalue weighted by Gasteiger charge is 2.19. The highest BCUT2D eigenvalue weighted by atomic mass is 16.6. The van der Waals surface area contributed by atoms with Crippen molar-refractivity contribution >= 4 is 17.9 Å². The highest BCUT2D eigenvalue weighted by molar-refractivity contribution is 5.71. The molecule has 442 valence electrons. The maximum atomic E-state index is 12.8. The molecule has 0 aliphatic carbocycles. The van der Waals surface area contributed by atoms with Crippen LogP contribution in [-0.4, -0.2) is 37.2 Å². The summed E-state index contributed by atoms with van der Waals surface area (Å²) in [6.07, 6.45) is 82.8. The highest BCUT2D eigenvalue weighted by Crippen LogP contribution is 2.17. The molecule has 1 atom stereocenters. The summed E-state index contributed by atoms with van der Waals surface area (Å²) >= 11 is 0. The molecule has 0 aromatic carbocycles. The molecule has 0 aromatic rings. The van der Waals surface area contributed by atoms with E-state index in [0.29, 0.717) is 19.3 Å². The third-order valence-electron chi connectivity index (χ3n) is 14.7. The molecular weight excluding hydrogens is 937 g/mol. The maximum Gasteiger partial charge on any atom is 0.306 e. The maximum absolute atomic E-state index is 12.8. The van der Waals surface area contributed by atoms with E-state index < -0.39 is 6.10 Å². The molecule has 76 heavy (non-hydrogen) atoms. The Hall–Kier alpha value is -2.89. The zero-order valence-electron chi connectivity index (χ0n) is 50.8. The third-order valence-corrected chi connectivity index (χ3v) is 14.7. The monoisotopic (exact) mass is 1060 g/mol. The van der Waals surface area contributed by atoms with Gasteiger partial charge < -0.3 is 14.2 Å². The minimum Gasteiger partial charge on any atom is -0.462 e. The molecule has 0 heterocycles. The predicted octanol–water partition coefficient (Wildman–Crippen LogP) is 22.7. The van der Waals surface area contributed by atoms with Crippen LogP contribution in [0.25, 0.3) is 0 Å². The molecule has 6 heteroatoms. The van der Waals surface area contributed by atoms with E-state index in [1.54, 1.807) is 0 Å². The van der Waals surface area contributed by atoms with Gasteiger partial charge in [0.2, 0.25) is 0 Å². The van der Waals surface area contributed by atoms with Crippen LogP contribution in [0.15, 0.2) is 60.8 Å². The van der Waals surface area contributed by atoms with Gasteiger partial charge in [-0.25, -0.2) is 0 Å². The molecule has 0 saturated heterocycles. The van der Waals surface area contributed by atoms with Crippen molar-refractivity contribution in [1.82, 2.24) is 0 Å². The van der Waals surface area contributed by atoms with Crippen LogP contribution in [-0.2, 0) is 28.6 Å². The predicted molar refractivity (Wildman–Crippen MR) is 330 cm³/mol. The minimum absolute atomic E-state index is 0.0728. The number of carbonyl (C=O) groups is 3. The molecule has 0 aliphatic rings. The van der Waals surface area contributed by atoms with Crippen molar-refractivity contribution in [3.63, 3.8) is 0 Å². The second kappa shape index (κ2) is 64.6. The summed E-state index contributed by atoms with van der Waals surface area (Å²) in [5.41, 5.74) is 0. The van der Waals surface area contributed by atoms with Crippen LogP contribution < -0.4 is 0 Å². The Morgan fingerprint density at radius 3 is 0.737 bits per heavy atom. The number of hydrogen-bond donors (Lipinski definition) is 0. The molecule has 0 saturated carbocycles. The van der Waals surface area contributed by atoms with Gasteiger partial charge in [-0.15, -0.1) is 0 Å². The molecule has 0 N–H and O–H groups in total. The van der Waals surface area contributed by atoms with Crippen molar-refractivity contribution in [2.75, 3.05) is 13.2 Å². The van der Waals surface area contributed by atoms with Crippen LogP contribution in [0, 0.1) is 0 Å². The van der Waals surface area contributed by atoms with E-state index in [9.17, 15) is 14.4 Å². The largest absolute Gasteiger partial charge is 0.462 e. The van der Waals surface area contributed by atoms with Crippen LogP contribution in [0.1, 0.15) is 348 Å². The van der Waals surface area contributed by atoms with Crippen molar-refractivity contribution in [2.24, 2.45) is 0 Å². The quantitative estimate of drug-likeness (QED) is 0.0261. The van der Waals surface area contributed by atoms with E-state index in [0.717, 1.165) is 77.0 Å². The summed E-state index contributed by atoms with van der Waals surface area (Å²) in [4.78, 5) is 38.0. The Morgan fingerprint density at radius 1 is 0.263 bits per heavy atom. The summed E-state index contributed by atoms with van der Waals surface area (Å²) in [7, 11) is 0. The topological polar surface area (TPSA) is 78.9 Å². The first kappa shape index (κ1) is 73.1. The van der Waals surface area contributed by atoms with E-state index in [2.05, 4.69) is 81.5 Å². The Bertz CT molecular complexity index is 1360. The van der Waals surface area contributed by atoms with Gasteiger partial charge in [0, 0.05) is 19.3 Å². The fraction of sp³-hybridized carbons (Fsp3) is 0.814. The zero-order chi connectivity index (χ0) is 55.0. The summed E-state index contributed by atoms with van der Waals surface area (Å²) < 4.78 is 16.8. The summed E-state index contributed by atoms with van der Waals surface area (Å²) in [6.45, 7) is 6.60. The Morgan fingerprint density at radius 2 is 0.474 bits per heavy atom. The van der Waals surface area contributed by atoms with Gasteiger partial charge in [-0.05, 0) is 89.9 Å². The van der Waals surface area contributed by atoms with Gasteiger partial charge in [-0.2, -0.15) is 0 Å². The smallest absolute Gasteiger partial charge is 0.306 e. The minimum atomic E-state index is -0.772. The second-order valence-electron chi connectivity index (χ2n) is 22.4. The van der Waals surface area contributed by atoms with Gasteiger partial charge in [0.25, 0.3) is 0 Å². The van der Waals surface area contributed by atoms with Gasteiger partial charge >= 0.3 is 17.9 Å². The zero-order valence-corrected chi connectivity index (χ0v) is 50.8. The third kappa shape index (κ3) is 62.0. The molecule has 0 fully saturated rings. The van der Waals surface area contributed by atoms with Crippen LogP contribution >= 0.6 is 0 Å². The molecule has 0 aliphatic heterocycles. The lowest BCUT2D eigenvalue weighted by Crippen LogP contribution is -2.30. The molecule has 0 spiro atoms. The van der Waals surface area contributed by atoms with E-state index in [-0.39, 0.29) is 31.1 Å². The number of esters is 3. The number of unbranched alkanes of at least 4 members (excludes halogenated alkanes) is 40. The average Bonchev–Trinajstić information content (AvgIpc) is 3.42. The number of ether oxygens (including phenoxy) is 3. The van der Waals surface area contributed by atoms with Crippen LogP contribution in [0.4, 0.5) is 0 Å². The van der Waals surface area contributed by atoms with E-state index in [1.165, 1.54) is 231 Å². The molecular formula is C70H126O6. The second-order valence-corrected chi connectivity index (χ2v) is 22.4. The Kier molecular flexibility index (Phi) is 62.2. The van der Waals surface area contributed by atoms with Crippen molar-refractivity contribution in [1.29, 1.82) is 0 Å². The molecule has 1 unspecified atom stereocenters. The van der Waals surface area contributed by atoms with Crippen molar-refractivity contribution in [3.8, 4) is 0 Å². The van der Waals surface area contributed by atoms with Crippen LogP contribution in [0.2, 0.25) is 0 Å². The van der Waals surface area contributed by atoms with E-state index in [1.807, 2.05) is 0 Å². The Balaban J connectivity index is 4.02. The normalized spacial score (nSPS) is 12.4. The van der Waals surface area contributed by atoms with Gasteiger partial charge in [0.1, 0.15) is 13.2 Å². The van der Waals surface area contributed by atoms with Gasteiger partial charge in [0.15, 0.2) is 6.10 Å². The fourth-order valence-electron chi connectivity index (χ4n) is 9.72. The molecule has 6 nitrogen and oxygen atoms in total. The lowest BCUT2D eigenvalue weighted by molar-refractivity contribution is -0.167. The molecule has 0 radical (unpaired) electrons. The first-order chi connectivity index (χ1) is 37.5. The first-order valence-electron chi connectivity index (χ1n) is 33.3. The lowest BCUT2D eigenvalue weighted by Gasteiger charge is -2.18. The molecule has 0 aromatic heterocycles. The van der Waals surface area contributed by atoms with Crippen LogP contribution in [0.5, 0.6) is 0 Å². The molecule has 0 rings (SSSR count). The van der Waals surface area contributed by atoms with Gasteiger partial charge in [0.05, 0.1) is 0 Å².